The highest BCUT2D eigenvalue weighted by Gasteiger charge is 2.60. The molecule has 4 rings (SSSR count). The first-order valence-corrected chi connectivity index (χ1v) is 10.1. The molecule has 4 aliphatic rings. The summed E-state index contributed by atoms with van der Waals surface area (Å²) in [6.07, 6.45) is 1.03. The van der Waals surface area contributed by atoms with Gasteiger partial charge in [0.1, 0.15) is 18.3 Å². The summed E-state index contributed by atoms with van der Waals surface area (Å²) in [6.45, 7) is 7.60. The van der Waals surface area contributed by atoms with E-state index in [4.69, 9.17) is 23.7 Å². The number of hydrogen-bond acceptors (Lipinski definition) is 8. The van der Waals surface area contributed by atoms with Crippen molar-refractivity contribution in [1.82, 2.24) is 5.32 Å². The van der Waals surface area contributed by atoms with Crippen LogP contribution in [0.15, 0.2) is 0 Å². The summed E-state index contributed by atoms with van der Waals surface area (Å²) in [7, 11) is 0. The van der Waals surface area contributed by atoms with Crippen LogP contribution >= 0.6 is 0 Å². The van der Waals surface area contributed by atoms with Gasteiger partial charge in [0.2, 0.25) is 0 Å². The Hall–Kier alpha value is -0.320. The zero-order valence-corrected chi connectivity index (χ0v) is 16.6. The minimum Gasteiger partial charge on any atom is -0.395 e. The van der Waals surface area contributed by atoms with Crippen molar-refractivity contribution >= 4 is 0 Å². The number of aliphatic hydroxyl groups is 2. The van der Waals surface area contributed by atoms with Crippen molar-refractivity contribution in [3.05, 3.63) is 0 Å². The highest BCUT2D eigenvalue weighted by Crippen LogP contribution is 2.45. The number of rotatable bonds is 4. The summed E-state index contributed by atoms with van der Waals surface area (Å²) in [6, 6.07) is 0.0821. The van der Waals surface area contributed by atoms with Gasteiger partial charge in [0, 0.05) is 12.1 Å². The molecule has 0 aliphatic carbocycles. The van der Waals surface area contributed by atoms with Crippen molar-refractivity contribution in [2.24, 2.45) is 0 Å². The minimum absolute atomic E-state index is 0.0351. The van der Waals surface area contributed by atoms with Crippen molar-refractivity contribution in [3.8, 4) is 0 Å². The molecular formula is C19H33NO7. The van der Waals surface area contributed by atoms with E-state index >= 15 is 0 Å². The largest absolute Gasteiger partial charge is 0.395 e. The first-order valence-electron chi connectivity index (χ1n) is 10.1. The second-order valence-electron chi connectivity index (χ2n) is 9.15. The number of piperidine rings is 1. The molecule has 156 valence electrons. The average molecular weight is 387 g/mol. The van der Waals surface area contributed by atoms with Gasteiger partial charge in [0.25, 0.3) is 0 Å². The SMILES string of the molecule is CC1(C)O[C@H]2[C@@H](O1)[C@@H](CCC1C[C@@H](O)C[C@@H](CO)N1)O[C@@H]1OC(C)(C)O[C@@H]12. The Labute approximate surface area is 160 Å². The Bertz CT molecular complexity index is 542. The van der Waals surface area contributed by atoms with Crippen LogP contribution in [-0.2, 0) is 23.7 Å². The highest BCUT2D eigenvalue weighted by molar-refractivity contribution is 5.00. The van der Waals surface area contributed by atoms with Crippen molar-refractivity contribution in [1.29, 1.82) is 0 Å². The predicted octanol–water partition coefficient (Wildman–Crippen LogP) is 0.637. The minimum atomic E-state index is -0.714. The summed E-state index contributed by atoms with van der Waals surface area (Å²) in [5, 5.41) is 22.9. The third kappa shape index (κ3) is 4.18. The standard InChI is InChI=1S/C19H33NO7/c1-18(2)24-14-13(6-5-10-7-12(22)8-11(9-21)20-10)23-17-16(15(14)25-18)26-19(3,4)27-17/h10-17,20-22H,5-9H2,1-4H3/t10?,11-,12+,13+,14-,15-,16+,17+/m0/s1. The van der Waals surface area contributed by atoms with Gasteiger partial charge in [-0.3, -0.25) is 0 Å². The van der Waals surface area contributed by atoms with E-state index in [2.05, 4.69) is 5.32 Å². The first-order chi connectivity index (χ1) is 12.7. The zero-order chi connectivity index (χ0) is 19.4. The van der Waals surface area contributed by atoms with Crippen LogP contribution in [0.4, 0.5) is 0 Å². The van der Waals surface area contributed by atoms with Gasteiger partial charge in [-0.05, 0) is 53.4 Å². The molecule has 0 bridgehead atoms. The molecule has 8 atom stereocenters. The normalized spacial score (nSPS) is 48.2. The molecule has 8 nitrogen and oxygen atoms in total. The third-order valence-corrected chi connectivity index (χ3v) is 5.86. The summed E-state index contributed by atoms with van der Waals surface area (Å²) in [5.41, 5.74) is 0. The van der Waals surface area contributed by atoms with Crippen molar-refractivity contribution in [3.63, 3.8) is 0 Å². The van der Waals surface area contributed by atoms with Crippen LogP contribution in [0, 0.1) is 0 Å². The fourth-order valence-corrected chi connectivity index (χ4v) is 4.84. The monoisotopic (exact) mass is 387 g/mol. The van der Waals surface area contributed by atoms with Crippen LogP contribution in [0.2, 0.25) is 0 Å². The topological polar surface area (TPSA) is 98.6 Å². The van der Waals surface area contributed by atoms with Gasteiger partial charge in [-0.25, -0.2) is 0 Å². The second kappa shape index (κ2) is 7.18. The Kier molecular flexibility index (Phi) is 5.31. The zero-order valence-electron chi connectivity index (χ0n) is 16.6. The average Bonchev–Trinajstić information content (AvgIpc) is 3.06. The van der Waals surface area contributed by atoms with Gasteiger partial charge >= 0.3 is 0 Å². The predicted molar refractivity (Wildman–Crippen MR) is 94.8 cm³/mol. The van der Waals surface area contributed by atoms with Gasteiger partial charge < -0.3 is 39.2 Å². The van der Waals surface area contributed by atoms with Crippen LogP contribution in [0.1, 0.15) is 53.4 Å². The molecule has 1 unspecified atom stereocenters. The molecule has 8 heteroatoms. The highest BCUT2D eigenvalue weighted by atomic mass is 16.9. The first kappa shape index (κ1) is 20.0. The van der Waals surface area contributed by atoms with E-state index in [1.807, 2.05) is 27.7 Å². The molecule has 0 aromatic heterocycles. The molecule has 4 aliphatic heterocycles. The molecule has 0 amide bonds. The van der Waals surface area contributed by atoms with E-state index in [1.54, 1.807) is 0 Å². The maximum atomic E-state index is 10.1. The van der Waals surface area contributed by atoms with E-state index in [1.165, 1.54) is 0 Å². The molecule has 0 radical (unpaired) electrons. The number of nitrogens with one attached hydrogen (secondary N) is 1. The molecule has 4 heterocycles. The number of aliphatic hydroxyl groups excluding tert-OH is 2. The van der Waals surface area contributed by atoms with Crippen molar-refractivity contribution < 1.29 is 33.9 Å². The molecule has 0 aromatic carbocycles. The molecule has 0 spiro atoms. The molecule has 0 saturated carbocycles. The van der Waals surface area contributed by atoms with E-state index < -0.39 is 17.9 Å². The van der Waals surface area contributed by atoms with Gasteiger partial charge in [-0.2, -0.15) is 0 Å². The summed E-state index contributed by atoms with van der Waals surface area (Å²) >= 11 is 0. The van der Waals surface area contributed by atoms with Gasteiger partial charge in [0.15, 0.2) is 17.9 Å². The van der Waals surface area contributed by atoms with Gasteiger partial charge in [0.05, 0.1) is 18.8 Å². The number of ether oxygens (including phenoxy) is 5. The molecule has 27 heavy (non-hydrogen) atoms. The van der Waals surface area contributed by atoms with E-state index in [0.29, 0.717) is 12.8 Å². The van der Waals surface area contributed by atoms with Crippen LogP contribution in [0.3, 0.4) is 0 Å². The Morgan fingerprint density at radius 2 is 1.48 bits per heavy atom. The van der Waals surface area contributed by atoms with Crippen LogP contribution < -0.4 is 5.32 Å². The molecular weight excluding hydrogens is 354 g/mol. The fourth-order valence-electron chi connectivity index (χ4n) is 4.84. The molecule has 4 saturated heterocycles. The maximum absolute atomic E-state index is 10.1. The smallest absolute Gasteiger partial charge is 0.190 e. The number of hydrogen-bond donors (Lipinski definition) is 3. The van der Waals surface area contributed by atoms with E-state index in [9.17, 15) is 10.2 Å². The second-order valence-corrected chi connectivity index (χ2v) is 9.15. The Balaban J connectivity index is 1.43. The lowest BCUT2D eigenvalue weighted by molar-refractivity contribution is -0.235. The molecule has 3 N–H and O–H groups in total. The molecule has 0 aromatic rings. The summed E-state index contributed by atoms with van der Waals surface area (Å²) < 4.78 is 30.5. The summed E-state index contributed by atoms with van der Waals surface area (Å²) in [4.78, 5) is 0. The van der Waals surface area contributed by atoms with Gasteiger partial charge in [-0.15, -0.1) is 0 Å². The van der Waals surface area contributed by atoms with E-state index in [0.717, 1.165) is 12.8 Å². The van der Waals surface area contributed by atoms with Crippen LogP contribution in [0.25, 0.3) is 0 Å². The van der Waals surface area contributed by atoms with E-state index in [-0.39, 0.29) is 49.2 Å². The van der Waals surface area contributed by atoms with Crippen molar-refractivity contribution in [2.75, 3.05) is 6.61 Å². The lowest BCUT2D eigenvalue weighted by atomic mass is 9.90. The number of fused-ring (bicyclic) bond motifs is 3. The Morgan fingerprint density at radius 3 is 2.22 bits per heavy atom. The fraction of sp³-hybridized carbons (Fsp3) is 1.00. The maximum Gasteiger partial charge on any atom is 0.190 e. The van der Waals surface area contributed by atoms with Crippen LogP contribution in [-0.4, -0.2) is 77.3 Å². The quantitative estimate of drug-likeness (QED) is 0.646. The van der Waals surface area contributed by atoms with Crippen molar-refractivity contribution in [2.45, 2.75) is 114 Å². The Morgan fingerprint density at radius 1 is 0.852 bits per heavy atom. The lowest BCUT2D eigenvalue weighted by Crippen LogP contribution is -2.55. The van der Waals surface area contributed by atoms with Gasteiger partial charge in [-0.1, -0.05) is 0 Å². The summed E-state index contributed by atoms with van der Waals surface area (Å²) in [5.74, 6) is -1.41. The third-order valence-electron chi connectivity index (χ3n) is 5.86. The molecule has 4 fully saturated rings. The lowest BCUT2D eigenvalue weighted by Gasteiger charge is -2.39. The van der Waals surface area contributed by atoms with Crippen LogP contribution in [0.5, 0.6) is 0 Å².